The fourth-order valence-electron chi connectivity index (χ4n) is 8.76. The van der Waals surface area contributed by atoms with E-state index in [2.05, 4.69) is 181 Å². The van der Waals surface area contributed by atoms with Gasteiger partial charge >= 0.3 is 0 Å². The van der Waals surface area contributed by atoms with E-state index >= 15 is 0 Å². The lowest BCUT2D eigenvalue weighted by Crippen LogP contribution is -2.11. The highest BCUT2D eigenvalue weighted by atomic mass is 32.1. The lowest BCUT2D eigenvalue weighted by Gasteiger charge is -2.28. The summed E-state index contributed by atoms with van der Waals surface area (Å²) in [7, 11) is 0. The van der Waals surface area contributed by atoms with Gasteiger partial charge in [-0.1, -0.05) is 140 Å². The molecule has 4 heteroatoms. The van der Waals surface area contributed by atoms with Crippen LogP contribution >= 0.6 is 11.3 Å². The van der Waals surface area contributed by atoms with Crippen LogP contribution in [0.25, 0.3) is 97.1 Å². The molecule has 3 nitrogen and oxygen atoms in total. The number of furan rings is 2. The number of anilines is 3. The summed E-state index contributed by atoms with van der Waals surface area (Å²) in [5.41, 5.74) is 11.3. The highest BCUT2D eigenvalue weighted by molar-refractivity contribution is 7.26. The molecule has 0 N–H and O–H groups in total. The largest absolute Gasteiger partial charge is 0.456 e. The maximum Gasteiger partial charge on any atom is 0.143 e. The SMILES string of the molecule is c1ccc(N(c2ccc(-c3cccc4oc5ccccc5c34)cc2)c2cccc3c2sc2ccccc23)c(-c2cccc3c2oc2c4ccccc4ccc32)c1. The van der Waals surface area contributed by atoms with Crippen LogP contribution in [-0.4, -0.2) is 0 Å². The maximum absolute atomic E-state index is 6.91. The zero-order chi connectivity index (χ0) is 36.7. The number of rotatable bonds is 5. The van der Waals surface area contributed by atoms with Gasteiger partial charge in [-0.15, -0.1) is 11.3 Å². The molecule has 12 rings (SSSR count). The van der Waals surface area contributed by atoms with E-state index in [-0.39, 0.29) is 0 Å². The van der Waals surface area contributed by atoms with Crippen LogP contribution < -0.4 is 4.90 Å². The summed E-state index contributed by atoms with van der Waals surface area (Å²) in [6, 6.07) is 67.2. The Labute approximate surface area is 325 Å². The van der Waals surface area contributed by atoms with Crippen molar-refractivity contribution < 1.29 is 8.83 Å². The number of thiophene rings is 1. The molecule has 0 fully saturated rings. The Morgan fingerprint density at radius 1 is 0.375 bits per heavy atom. The summed E-state index contributed by atoms with van der Waals surface area (Å²) >= 11 is 1.85. The highest BCUT2D eigenvalue weighted by Gasteiger charge is 2.23. The minimum Gasteiger partial charge on any atom is -0.456 e. The topological polar surface area (TPSA) is 29.5 Å². The highest BCUT2D eigenvalue weighted by Crippen LogP contribution is 2.49. The van der Waals surface area contributed by atoms with Gasteiger partial charge in [0, 0.05) is 59.2 Å². The van der Waals surface area contributed by atoms with Gasteiger partial charge in [0.15, 0.2) is 0 Å². The maximum atomic E-state index is 6.91. The fourth-order valence-corrected chi connectivity index (χ4v) is 9.96. The van der Waals surface area contributed by atoms with Crippen molar-refractivity contribution in [1.29, 1.82) is 0 Å². The van der Waals surface area contributed by atoms with Crippen molar-refractivity contribution in [3.63, 3.8) is 0 Å². The van der Waals surface area contributed by atoms with Crippen molar-refractivity contribution in [2.75, 3.05) is 4.90 Å². The third kappa shape index (κ3) is 4.63. The lowest BCUT2D eigenvalue weighted by atomic mass is 9.97. The molecule has 0 unspecified atom stereocenters. The van der Waals surface area contributed by atoms with Crippen LogP contribution in [0, 0.1) is 0 Å². The van der Waals surface area contributed by atoms with Gasteiger partial charge in [-0.2, -0.15) is 0 Å². The summed E-state index contributed by atoms with van der Waals surface area (Å²) in [4.78, 5) is 2.43. The Morgan fingerprint density at radius 2 is 1.02 bits per heavy atom. The number of para-hydroxylation sites is 3. The van der Waals surface area contributed by atoms with Crippen LogP contribution in [0.15, 0.2) is 197 Å². The molecule has 12 aromatic rings. The second kappa shape index (κ2) is 12.2. The number of nitrogens with zero attached hydrogens (tertiary/aromatic N) is 1. The van der Waals surface area contributed by atoms with E-state index in [0.29, 0.717) is 0 Å². The summed E-state index contributed by atoms with van der Waals surface area (Å²) < 4.78 is 15.7. The van der Waals surface area contributed by atoms with Gasteiger partial charge in [0.1, 0.15) is 22.3 Å². The van der Waals surface area contributed by atoms with Crippen molar-refractivity contribution in [1.82, 2.24) is 0 Å². The Kier molecular flexibility index (Phi) is 6.80. The average molecular weight is 734 g/mol. The minimum absolute atomic E-state index is 0.891. The van der Waals surface area contributed by atoms with Crippen LogP contribution in [0.1, 0.15) is 0 Å². The predicted octanol–water partition coefficient (Wildman–Crippen LogP) is 15.8. The summed E-state index contributed by atoms with van der Waals surface area (Å²) in [5.74, 6) is 0. The van der Waals surface area contributed by atoms with Crippen LogP contribution in [0.2, 0.25) is 0 Å². The second-order valence-corrected chi connectivity index (χ2v) is 15.4. The molecule has 0 aliphatic rings. The van der Waals surface area contributed by atoms with Crippen LogP contribution in [0.3, 0.4) is 0 Å². The molecular weight excluding hydrogens is 703 g/mol. The molecule has 0 saturated heterocycles. The minimum atomic E-state index is 0.891. The third-order valence-electron chi connectivity index (χ3n) is 11.3. The van der Waals surface area contributed by atoms with Crippen LogP contribution in [0.4, 0.5) is 17.1 Å². The zero-order valence-corrected chi connectivity index (χ0v) is 30.9. The Morgan fingerprint density at radius 3 is 1.95 bits per heavy atom. The normalized spacial score (nSPS) is 11.9. The van der Waals surface area contributed by atoms with E-state index in [1.54, 1.807) is 0 Å². The Bertz CT molecular complexity index is 3500. The van der Waals surface area contributed by atoms with Crippen molar-refractivity contribution in [2.24, 2.45) is 0 Å². The molecule has 0 atom stereocenters. The van der Waals surface area contributed by atoms with E-state index in [4.69, 9.17) is 8.83 Å². The monoisotopic (exact) mass is 733 g/mol. The molecule has 3 aromatic heterocycles. The van der Waals surface area contributed by atoms with Gasteiger partial charge in [-0.3, -0.25) is 0 Å². The molecule has 3 heterocycles. The molecule has 0 amide bonds. The molecule has 0 aliphatic carbocycles. The number of fused-ring (bicyclic) bond motifs is 11. The molecule has 0 bridgehead atoms. The molecule has 0 saturated carbocycles. The van der Waals surface area contributed by atoms with E-state index in [1.807, 2.05) is 23.5 Å². The van der Waals surface area contributed by atoms with E-state index in [1.165, 1.54) is 25.6 Å². The molecule has 9 aromatic carbocycles. The van der Waals surface area contributed by atoms with Gasteiger partial charge < -0.3 is 13.7 Å². The molecule has 0 aliphatic heterocycles. The van der Waals surface area contributed by atoms with Crippen molar-refractivity contribution >= 4 is 103 Å². The summed E-state index contributed by atoms with van der Waals surface area (Å²) in [5, 5.41) is 9.33. The quantitative estimate of drug-likeness (QED) is 0.176. The fraction of sp³-hybridized carbons (Fsp3) is 0. The first kappa shape index (κ1) is 31.2. The number of hydrogen-bond acceptors (Lipinski definition) is 4. The number of benzene rings is 9. The van der Waals surface area contributed by atoms with Crippen molar-refractivity contribution in [3.05, 3.63) is 188 Å². The van der Waals surface area contributed by atoms with Crippen LogP contribution in [0.5, 0.6) is 0 Å². The Hall–Kier alpha value is -7.14. The van der Waals surface area contributed by atoms with Crippen molar-refractivity contribution in [2.45, 2.75) is 0 Å². The Balaban J connectivity index is 1.09. The first-order valence-electron chi connectivity index (χ1n) is 18.9. The third-order valence-corrected chi connectivity index (χ3v) is 12.5. The van der Waals surface area contributed by atoms with Gasteiger partial charge in [0.05, 0.1) is 16.1 Å². The van der Waals surface area contributed by atoms with Crippen LogP contribution in [-0.2, 0) is 0 Å². The second-order valence-electron chi connectivity index (χ2n) is 14.4. The smallest absolute Gasteiger partial charge is 0.143 e. The van der Waals surface area contributed by atoms with Crippen molar-refractivity contribution in [3.8, 4) is 22.3 Å². The first-order chi connectivity index (χ1) is 27.8. The molecule has 0 spiro atoms. The standard InChI is InChI=1S/C52H31NO2S/c1-2-13-36-32(12-1)28-31-41-40-19-9-18-39(51(40)55-50(36)41)37-14-3-6-21-44(37)53(45-22-10-20-42-38-15-5-8-25-48(38)56-52(42)45)34-29-26-33(27-30-34)35-17-11-24-47-49(35)43-16-4-7-23-46(43)54-47/h1-31H. The predicted molar refractivity (Wildman–Crippen MR) is 237 cm³/mol. The molecular formula is C52H31NO2S. The summed E-state index contributed by atoms with van der Waals surface area (Å²) in [6.45, 7) is 0. The zero-order valence-electron chi connectivity index (χ0n) is 30.1. The van der Waals surface area contributed by atoms with E-state index in [9.17, 15) is 0 Å². The molecule has 262 valence electrons. The van der Waals surface area contributed by atoms with Gasteiger partial charge in [0.2, 0.25) is 0 Å². The van der Waals surface area contributed by atoms with Gasteiger partial charge in [0.25, 0.3) is 0 Å². The lowest BCUT2D eigenvalue weighted by molar-refractivity contribution is 0.669. The first-order valence-corrected chi connectivity index (χ1v) is 19.7. The van der Waals surface area contributed by atoms with E-state index < -0.39 is 0 Å². The van der Waals surface area contributed by atoms with Gasteiger partial charge in [-0.25, -0.2) is 0 Å². The molecule has 56 heavy (non-hydrogen) atoms. The van der Waals surface area contributed by atoms with E-state index in [0.717, 1.165) is 88.6 Å². The number of hydrogen-bond donors (Lipinski definition) is 0. The summed E-state index contributed by atoms with van der Waals surface area (Å²) in [6.07, 6.45) is 0. The van der Waals surface area contributed by atoms with Gasteiger partial charge in [-0.05, 0) is 65.0 Å². The molecule has 0 radical (unpaired) electrons. The average Bonchev–Trinajstić information content (AvgIpc) is 3.96.